The van der Waals surface area contributed by atoms with Gasteiger partial charge in [0.2, 0.25) is 0 Å². The number of tetrazole rings is 1. The first kappa shape index (κ1) is 22.9. The Bertz CT molecular complexity index is 992. The van der Waals surface area contributed by atoms with Crippen molar-refractivity contribution in [2.45, 2.75) is 50.2 Å². The van der Waals surface area contributed by atoms with Crippen LogP contribution in [-0.4, -0.2) is 64.6 Å². The van der Waals surface area contributed by atoms with Crippen LogP contribution in [0.15, 0.2) is 35.6 Å². The highest BCUT2D eigenvalue weighted by atomic mass is 32.2. The van der Waals surface area contributed by atoms with Gasteiger partial charge in [0.1, 0.15) is 5.82 Å². The highest BCUT2D eigenvalue weighted by Gasteiger charge is 2.38. The maximum Gasteiger partial charge on any atom is 0.255 e. The van der Waals surface area contributed by atoms with Crippen LogP contribution >= 0.6 is 0 Å². The van der Waals surface area contributed by atoms with Crippen molar-refractivity contribution in [2.24, 2.45) is 11.1 Å². The number of primary sulfonamides is 1. The molecule has 3 rings (SSSR count). The lowest BCUT2D eigenvalue weighted by Crippen LogP contribution is -2.40. The highest BCUT2D eigenvalue weighted by molar-refractivity contribution is 7.89. The van der Waals surface area contributed by atoms with Crippen LogP contribution in [0.1, 0.15) is 38.9 Å². The fourth-order valence-corrected chi connectivity index (χ4v) is 4.68. The minimum absolute atomic E-state index is 0.0560. The lowest BCUT2D eigenvalue weighted by atomic mass is 9.93. The number of hydrogen-bond donors (Lipinski definition) is 3. The van der Waals surface area contributed by atoms with Crippen molar-refractivity contribution >= 4 is 15.8 Å². The Kier molecular flexibility index (Phi) is 6.80. The van der Waals surface area contributed by atoms with E-state index in [1.165, 1.54) is 6.07 Å². The van der Waals surface area contributed by atoms with Crippen molar-refractivity contribution in [1.82, 2.24) is 35.8 Å². The second-order valence-corrected chi connectivity index (χ2v) is 9.97. The van der Waals surface area contributed by atoms with E-state index in [1.54, 1.807) is 12.1 Å². The fraction of sp³-hybridized carbons (Fsp3) is 0.579. The zero-order valence-corrected chi connectivity index (χ0v) is 19.1. The predicted octanol–water partition coefficient (Wildman–Crippen LogP) is 0.820. The highest BCUT2D eigenvalue weighted by Crippen LogP contribution is 2.36. The monoisotopic (exact) mass is 449 g/mol. The van der Waals surface area contributed by atoms with Gasteiger partial charge >= 0.3 is 0 Å². The summed E-state index contributed by atoms with van der Waals surface area (Å²) in [6.45, 7) is 10.6. The van der Waals surface area contributed by atoms with E-state index in [0.717, 1.165) is 31.6 Å². The summed E-state index contributed by atoms with van der Waals surface area (Å²) in [6.07, 6.45) is 3.01. The Hall–Kier alpha value is -2.73. The van der Waals surface area contributed by atoms with E-state index >= 15 is 0 Å². The molecule has 0 aromatic carbocycles. The van der Waals surface area contributed by atoms with Crippen LogP contribution in [0.25, 0.3) is 0 Å². The molecule has 1 fully saturated rings. The van der Waals surface area contributed by atoms with Gasteiger partial charge in [-0.1, -0.05) is 17.9 Å². The smallest absolute Gasteiger partial charge is 0.255 e. The SMILES string of the molecule is C=C(NC)N1C[C@@H](CCCN(Cc2nn[nH]n2)c2cccc(S(N)(=O)=O)n2)CC1(C)C. The molecule has 2 aromatic rings. The summed E-state index contributed by atoms with van der Waals surface area (Å²) in [7, 11) is -2.00. The number of sulfonamides is 1. The molecule has 0 saturated carbocycles. The molecule has 2 aromatic heterocycles. The summed E-state index contributed by atoms with van der Waals surface area (Å²) in [5.41, 5.74) is 0.0560. The van der Waals surface area contributed by atoms with E-state index in [9.17, 15) is 8.42 Å². The molecular formula is C19H31N9O2S. The molecule has 0 amide bonds. The number of rotatable bonds is 10. The van der Waals surface area contributed by atoms with Crippen LogP contribution in [-0.2, 0) is 16.6 Å². The molecule has 0 bridgehead atoms. The van der Waals surface area contributed by atoms with Crippen molar-refractivity contribution in [2.75, 3.05) is 25.0 Å². The number of nitrogens with two attached hydrogens (primary N) is 1. The van der Waals surface area contributed by atoms with Crippen molar-refractivity contribution in [1.29, 1.82) is 0 Å². The van der Waals surface area contributed by atoms with Crippen molar-refractivity contribution in [3.05, 3.63) is 36.4 Å². The first-order valence-corrected chi connectivity index (χ1v) is 11.8. The van der Waals surface area contributed by atoms with E-state index in [4.69, 9.17) is 5.14 Å². The van der Waals surface area contributed by atoms with Gasteiger partial charge in [0.15, 0.2) is 10.9 Å². The van der Waals surface area contributed by atoms with Crippen LogP contribution in [0.4, 0.5) is 5.82 Å². The zero-order chi connectivity index (χ0) is 22.6. The minimum Gasteiger partial charge on any atom is -0.375 e. The standard InChI is InChI=1S/C19H31N9O2S/c1-14(21-4)28-12-15(11-19(28,2)3)7-6-10-27(13-16-23-25-26-24-16)17-8-5-9-18(22-17)31(20,29)30/h5,8-9,15,21H,1,6-7,10-13H2,2-4H3,(H2,20,29,30)(H,23,24,25,26)/t15-/m0/s1. The third-order valence-electron chi connectivity index (χ3n) is 5.66. The first-order chi connectivity index (χ1) is 14.6. The van der Waals surface area contributed by atoms with Gasteiger partial charge in [-0.3, -0.25) is 0 Å². The van der Waals surface area contributed by atoms with Gasteiger partial charge in [-0.05, 0) is 51.2 Å². The Morgan fingerprint density at radius 3 is 2.87 bits per heavy atom. The number of anilines is 1. The van der Waals surface area contributed by atoms with Crippen molar-refractivity contribution in [3.8, 4) is 0 Å². The van der Waals surface area contributed by atoms with Crippen LogP contribution in [0.2, 0.25) is 0 Å². The fourth-order valence-electron chi connectivity index (χ4n) is 4.19. The summed E-state index contributed by atoms with van der Waals surface area (Å²) in [5.74, 6) is 2.49. The first-order valence-electron chi connectivity index (χ1n) is 10.2. The molecule has 12 heteroatoms. The summed E-state index contributed by atoms with van der Waals surface area (Å²) >= 11 is 0. The Morgan fingerprint density at radius 2 is 2.23 bits per heavy atom. The van der Waals surface area contributed by atoms with E-state index in [1.807, 2.05) is 11.9 Å². The Balaban J connectivity index is 1.68. The Labute approximate surface area is 183 Å². The molecule has 0 aliphatic carbocycles. The second-order valence-electron chi connectivity index (χ2n) is 8.46. The molecule has 1 atom stereocenters. The molecule has 0 radical (unpaired) electrons. The average Bonchev–Trinajstić information content (AvgIpc) is 3.33. The van der Waals surface area contributed by atoms with E-state index in [-0.39, 0.29) is 10.6 Å². The molecule has 11 nitrogen and oxygen atoms in total. The lowest BCUT2D eigenvalue weighted by molar-refractivity contribution is 0.216. The second kappa shape index (κ2) is 9.18. The van der Waals surface area contributed by atoms with Gasteiger partial charge in [0, 0.05) is 25.7 Å². The van der Waals surface area contributed by atoms with E-state index < -0.39 is 10.0 Å². The molecular weight excluding hydrogens is 418 g/mol. The van der Waals surface area contributed by atoms with Gasteiger partial charge in [0.25, 0.3) is 10.0 Å². The van der Waals surface area contributed by atoms with Gasteiger partial charge in [0.05, 0.1) is 12.4 Å². The number of pyridine rings is 1. The number of likely N-dealkylation sites (tertiary alicyclic amines) is 1. The van der Waals surface area contributed by atoms with Crippen molar-refractivity contribution in [3.63, 3.8) is 0 Å². The summed E-state index contributed by atoms with van der Waals surface area (Å²) in [4.78, 5) is 8.52. The van der Waals surface area contributed by atoms with Crippen molar-refractivity contribution < 1.29 is 8.42 Å². The number of aromatic nitrogens is 5. The van der Waals surface area contributed by atoms with E-state index in [2.05, 4.69) is 56.3 Å². The van der Waals surface area contributed by atoms with Gasteiger partial charge in [-0.25, -0.2) is 18.5 Å². The Morgan fingerprint density at radius 1 is 1.45 bits per heavy atom. The lowest BCUT2D eigenvalue weighted by Gasteiger charge is -2.34. The number of nitrogens with zero attached hydrogens (tertiary/aromatic N) is 6. The molecule has 31 heavy (non-hydrogen) atoms. The molecule has 1 aliphatic heterocycles. The minimum atomic E-state index is -3.89. The maximum absolute atomic E-state index is 11.7. The third-order valence-corrected chi connectivity index (χ3v) is 6.47. The molecule has 4 N–H and O–H groups in total. The van der Waals surface area contributed by atoms with Crippen LogP contribution < -0.4 is 15.4 Å². The van der Waals surface area contributed by atoms with Crippen LogP contribution in [0.5, 0.6) is 0 Å². The maximum atomic E-state index is 11.7. The zero-order valence-electron chi connectivity index (χ0n) is 18.2. The van der Waals surface area contributed by atoms with Gasteiger partial charge in [-0.2, -0.15) is 5.21 Å². The number of H-pyrrole nitrogens is 1. The predicted molar refractivity (Wildman–Crippen MR) is 117 cm³/mol. The molecule has 3 heterocycles. The normalized spacial score (nSPS) is 18.2. The molecule has 0 unspecified atom stereocenters. The number of aromatic amines is 1. The third kappa shape index (κ3) is 5.70. The molecule has 0 spiro atoms. The van der Waals surface area contributed by atoms with Crippen LogP contribution in [0.3, 0.4) is 0 Å². The summed E-state index contributed by atoms with van der Waals surface area (Å²) in [5, 5.41) is 22.3. The average molecular weight is 450 g/mol. The summed E-state index contributed by atoms with van der Waals surface area (Å²) < 4.78 is 23.4. The van der Waals surface area contributed by atoms with Crippen LogP contribution in [0, 0.1) is 5.92 Å². The molecule has 1 aliphatic rings. The number of nitrogens with one attached hydrogen (secondary N) is 2. The summed E-state index contributed by atoms with van der Waals surface area (Å²) in [6, 6.07) is 4.77. The topological polar surface area (TPSA) is 146 Å². The van der Waals surface area contributed by atoms with Gasteiger partial charge < -0.3 is 15.1 Å². The quantitative estimate of drug-likeness (QED) is 0.480. The van der Waals surface area contributed by atoms with Gasteiger partial charge in [-0.15, -0.1) is 10.2 Å². The van der Waals surface area contributed by atoms with E-state index in [0.29, 0.717) is 30.6 Å². The molecule has 170 valence electrons. The largest absolute Gasteiger partial charge is 0.375 e. The number of hydrogen-bond acceptors (Lipinski definition) is 9. The molecule has 1 saturated heterocycles.